The monoisotopic (exact) mass is 483 g/mol. The van der Waals surface area contributed by atoms with E-state index >= 15 is 0 Å². The SMILES string of the molecule is O=C(O)C1C2Cc3cc(OCc4cc5c(cc4F)CCC5c4ccccc4C(F)(F)F)ncc3C21. The summed E-state index contributed by atoms with van der Waals surface area (Å²) in [5.41, 5.74) is 3.15. The van der Waals surface area contributed by atoms with Crippen LogP contribution in [0.3, 0.4) is 0 Å². The summed E-state index contributed by atoms with van der Waals surface area (Å²) >= 11 is 0. The van der Waals surface area contributed by atoms with Gasteiger partial charge in [0.1, 0.15) is 12.4 Å². The summed E-state index contributed by atoms with van der Waals surface area (Å²) < 4.78 is 61.3. The lowest BCUT2D eigenvalue weighted by atomic mass is 9.88. The van der Waals surface area contributed by atoms with Crippen LogP contribution in [0.25, 0.3) is 0 Å². The number of benzene rings is 2. The number of hydrogen-bond donors (Lipinski definition) is 1. The van der Waals surface area contributed by atoms with E-state index in [0.29, 0.717) is 30.7 Å². The van der Waals surface area contributed by atoms with E-state index in [1.165, 1.54) is 18.2 Å². The summed E-state index contributed by atoms with van der Waals surface area (Å²) in [5.74, 6) is -1.62. The Labute approximate surface area is 198 Å². The fraction of sp³-hybridized carbons (Fsp3) is 0.333. The molecule has 1 aromatic heterocycles. The lowest BCUT2D eigenvalue weighted by molar-refractivity contribution is -0.139. The fourth-order valence-electron chi connectivity index (χ4n) is 6.00. The molecule has 2 aromatic carbocycles. The number of alkyl halides is 3. The number of carboxylic acid groups (broad SMARTS) is 1. The topological polar surface area (TPSA) is 59.4 Å². The Bertz CT molecular complexity index is 1350. The van der Waals surface area contributed by atoms with E-state index in [0.717, 1.165) is 22.8 Å². The molecule has 35 heavy (non-hydrogen) atoms. The van der Waals surface area contributed by atoms with E-state index in [4.69, 9.17) is 4.74 Å². The lowest BCUT2D eigenvalue weighted by Crippen LogP contribution is -2.12. The maximum absolute atomic E-state index is 14.8. The third-order valence-electron chi connectivity index (χ3n) is 7.67. The van der Waals surface area contributed by atoms with Crippen LogP contribution in [0.1, 0.15) is 57.2 Å². The number of ether oxygens (including phenoxy) is 1. The fourth-order valence-corrected chi connectivity index (χ4v) is 6.00. The van der Waals surface area contributed by atoms with Crippen LogP contribution < -0.4 is 4.74 Å². The largest absolute Gasteiger partial charge is 0.481 e. The number of pyridine rings is 1. The molecule has 0 spiro atoms. The van der Waals surface area contributed by atoms with Crippen LogP contribution in [-0.4, -0.2) is 16.1 Å². The lowest BCUT2D eigenvalue weighted by Gasteiger charge is -2.19. The van der Waals surface area contributed by atoms with Crippen LogP contribution in [0.15, 0.2) is 48.7 Å². The van der Waals surface area contributed by atoms with Crippen molar-refractivity contribution in [2.24, 2.45) is 11.8 Å². The van der Waals surface area contributed by atoms with Crippen molar-refractivity contribution in [3.8, 4) is 5.88 Å². The molecule has 0 radical (unpaired) electrons. The molecule has 0 saturated heterocycles. The maximum atomic E-state index is 14.8. The predicted octanol–water partition coefficient (Wildman–Crippen LogP) is 5.87. The molecule has 1 saturated carbocycles. The number of carbonyl (C=O) groups is 1. The molecule has 3 aliphatic carbocycles. The van der Waals surface area contributed by atoms with E-state index in [-0.39, 0.29) is 35.5 Å². The van der Waals surface area contributed by atoms with Crippen molar-refractivity contribution in [3.63, 3.8) is 0 Å². The first-order chi connectivity index (χ1) is 16.7. The van der Waals surface area contributed by atoms with Gasteiger partial charge >= 0.3 is 12.1 Å². The van der Waals surface area contributed by atoms with E-state index in [9.17, 15) is 27.5 Å². The standard InChI is InChI=1S/C27H21F4NO3/c28-22-9-13-5-6-16(17-3-1-2-4-21(17)27(29,30)31)18(13)8-15(22)12-35-23-10-14-7-19-24(20(14)11-32-23)25(19)26(33)34/h1-4,8-11,16,19,24-25H,5-7,12H2,(H,33,34). The van der Waals surface area contributed by atoms with Crippen molar-refractivity contribution >= 4 is 5.97 Å². The molecule has 4 unspecified atom stereocenters. The minimum Gasteiger partial charge on any atom is -0.481 e. The highest BCUT2D eigenvalue weighted by atomic mass is 19.4. The minimum atomic E-state index is -4.46. The van der Waals surface area contributed by atoms with Crippen LogP contribution in [0.5, 0.6) is 5.88 Å². The zero-order chi connectivity index (χ0) is 24.5. The van der Waals surface area contributed by atoms with Gasteiger partial charge in [0.15, 0.2) is 0 Å². The second kappa shape index (κ2) is 7.80. The molecule has 1 heterocycles. The zero-order valence-electron chi connectivity index (χ0n) is 18.5. The molecule has 180 valence electrons. The van der Waals surface area contributed by atoms with Gasteiger partial charge in [0.05, 0.1) is 11.5 Å². The molecule has 0 aliphatic heterocycles. The van der Waals surface area contributed by atoms with Crippen LogP contribution in [-0.2, 0) is 30.4 Å². The Morgan fingerprint density at radius 3 is 2.66 bits per heavy atom. The van der Waals surface area contributed by atoms with Crippen LogP contribution in [0.4, 0.5) is 17.6 Å². The smallest absolute Gasteiger partial charge is 0.416 e. The molecular weight excluding hydrogens is 462 g/mol. The Morgan fingerprint density at radius 1 is 1.09 bits per heavy atom. The van der Waals surface area contributed by atoms with E-state index in [2.05, 4.69) is 4.98 Å². The Morgan fingerprint density at radius 2 is 1.89 bits per heavy atom. The van der Waals surface area contributed by atoms with E-state index in [1.807, 2.05) is 0 Å². The van der Waals surface area contributed by atoms with Gasteiger partial charge in [-0.15, -0.1) is 0 Å². The first-order valence-corrected chi connectivity index (χ1v) is 11.5. The quantitative estimate of drug-likeness (QED) is 0.462. The van der Waals surface area contributed by atoms with Crippen LogP contribution in [0.2, 0.25) is 0 Å². The van der Waals surface area contributed by atoms with E-state index < -0.39 is 29.4 Å². The summed E-state index contributed by atoms with van der Waals surface area (Å²) in [6, 6.07) is 10.3. The molecule has 0 bridgehead atoms. The van der Waals surface area contributed by atoms with Crippen LogP contribution >= 0.6 is 0 Å². The molecular formula is C27H21F4NO3. The van der Waals surface area contributed by atoms with Gasteiger partial charge in [-0.2, -0.15) is 13.2 Å². The van der Waals surface area contributed by atoms with Crippen molar-refractivity contribution in [3.05, 3.63) is 93.4 Å². The van der Waals surface area contributed by atoms with Crippen LogP contribution in [0, 0.1) is 17.7 Å². The number of aryl methyl sites for hydroxylation is 1. The average Bonchev–Trinajstić information content (AvgIpc) is 3.19. The first kappa shape index (κ1) is 22.1. The summed E-state index contributed by atoms with van der Waals surface area (Å²) in [6.07, 6.45) is -1.17. The van der Waals surface area contributed by atoms with Crippen molar-refractivity contribution in [2.45, 2.75) is 43.9 Å². The number of carboxylic acids is 1. The molecule has 8 heteroatoms. The molecule has 3 aliphatic rings. The molecule has 3 aromatic rings. The third-order valence-corrected chi connectivity index (χ3v) is 7.67. The highest BCUT2D eigenvalue weighted by molar-refractivity contribution is 5.77. The first-order valence-electron chi connectivity index (χ1n) is 11.5. The van der Waals surface area contributed by atoms with Crippen molar-refractivity contribution in [1.82, 2.24) is 4.98 Å². The van der Waals surface area contributed by atoms with E-state index in [1.54, 1.807) is 24.4 Å². The highest BCUT2D eigenvalue weighted by Crippen LogP contribution is 2.61. The maximum Gasteiger partial charge on any atom is 0.416 e. The highest BCUT2D eigenvalue weighted by Gasteiger charge is 2.60. The van der Waals surface area contributed by atoms with Gasteiger partial charge in [0.2, 0.25) is 5.88 Å². The number of rotatable bonds is 5. The molecule has 0 amide bonds. The predicted molar refractivity (Wildman–Crippen MR) is 118 cm³/mol. The second-order valence-electron chi connectivity index (χ2n) is 9.59. The van der Waals surface area contributed by atoms with Gasteiger partial charge < -0.3 is 9.84 Å². The molecule has 4 nitrogen and oxygen atoms in total. The van der Waals surface area contributed by atoms with Gasteiger partial charge in [-0.3, -0.25) is 4.79 Å². The van der Waals surface area contributed by atoms with Gasteiger partial charge in [0.25, 0.3) is 0 Å². The van der Waals surface area contributed by atoms with Crippen molar-refractivity contribution < 1.29 is 32.2 Å². The molecule has 4 atom stereocenters. The zero-order valence-corrected chi connectivity index (χ0v) is 18.5. The number of aliphatic carboxylic acids is 1. The Kier molecular flexibility index (Phi) is 4.92. The molecule has 1 fully saturated rings. The Balaban J connectivity index is 1.23. The van der Waals surface area contributed by atoms with Gasteiger partial charge in [-0.25, -0.2) is 9.37 Å². The number of nitrogens with zero attached hydrogens (tertiary/aromatic N) is 1. The number of fused-ring (bicyclic) bond motifs is 4. The minimum absolute atomic E-state index is 0.00900. The molecule has 6 rings (SSSR count). The normalized spacial score (nSPS) is 24.0. The second-order valence-corrected chi connectivity index (χ2v) is 9.59. The average molecular weight is 483 g/mol. The van der Waals surface area contributed by atoms with Crippen molar-refractivity contribution in [2.75, 3.05) is 0 Å². The number of aromatic nitrogens is 1. The van der Waals surface area contributed by atoms with Gasteiger partial charge in [0, 0.05) is 29.7 Å². The summed E-state index contributed by atoms with van der Waals surface area (Å²) in [7, 11) is 0. The summed E-state index contributed by atoms with van der Waals surface area (Å²) in [6.45, 7) is -0.108. The third kappa shape index (κ3) is 3.66. The Hall–Kier alpha value is -3.42. The number of hydrogen-bond acceptors (Lipinski definition) is 3. The van der Waals surface area contributed by atoms with Gasteiger partial charge in [-0.05, 0) is 71.2 Å². The molecule has 1 N–H and O–H groups in total. The summed E-state index contributed by atoms with van der Waals surface area (Å²) in [4.78, 5) is 15.5. The van der Waals surface area contributed by atoms with Crippen molar-refractivity contribution in [1.29, 1.82) is 0 Å². The summed E-state index contributed by atoms with van der Waals surface area (Å²) in [5, 5.41) is 9.25. The van der Waals surface area contributed by atoms with Gasteiger partial charge in [-0.1, -0.05) is 18.2 Å². The number of halogens is 4.